The molecule has 25 heavy (non-hydrogen) atoms. The van der Waals surface area contributed by atoms with Crippen LogP contribution < -0.4 is 4.90 Å². The summed E-state index contributed by atoms with van der Waals surface area (Å²) in [5, 5.41) is 19.9. The van der Waals surface area contributed by atoms with E-state index in [9.17, 15) is 4.79 Å². The van der Waals surface area contributed by atoms with Crippen molar-refractivity contribution in [1.29, 1.82) is 5.26 Å². The summed E-state index contributed by atoms with van der Waals surface area (Å²) in [5.41, 5.74) is 2.64. The summed E-state index contributed by atoms with van der Waals surface area (Å²) in [6, 6.07) is 23.4. The van der Waals surface area contributed by atoms with Gasteiger partial charge in [0.25, 0.3) is 0 Å². The Labute approximate surface area is 149 Å². The molecule has 1 N–H and O–H groups in total. The molecule has 1 aromatic heterocycles. The van der Waals surface area contributed by atoms with Gasteiger partial charge in [-0.25, -0.2) is 4.79 Å². The predicted molar refractivity (Wildman–Crippen MR) is 100 cm³/mol. The first-order chi connectivity index (χ1) is 12.2. The zero-order valence-corrected chi connectivity index (χ0v) is 14.0. The van der Waals surface area contributed by atoms with E-state index in [-0.39, 0.29) is 5.57 Å². The van der Waals surface area contributed by atoms with Crippen molar-refractivity contribution in [1.82, 2.24) is 0 Å². The van der Waals surface area contributed by atoms with Crippen LogP contribution in [0.3, 0.4) is 0 Å². The second kappa shape index (κ2) is 7.47. The van der Waals surface area contributed by atoms with E-state index in [1.54, 1.807) is 6.07 Å². The number of rotatable bonds is 5. The quantitative estimate of drug-likeness (QED) is 0.509. The Morgan fingerprint density at radius 1 is 1.00 bits per heavy atom. The van der Waals surface area contributed by atoms with Crippen LogP contribution in [0.25, 0.3) is 6.08 Å². The third-order valence-electron chi connectivity index (χ3n) is 3.53. The molecule has 3 rings (SSSR count). The number of thiophene rings is 1. The lowest BCUT2D eigenvalue weighted by Crippen LogP contribution is -2.08. The van der Waals surface area contributed by atoms with Gasteiger partial charge in [-0.3, -0.25) is 0 Å². The van der Waals surface area contributed by atoms with Gasteiger partial charge in [0.2, 0.25) is 0 Å². The van der Waals surface area contributed by atoms with Crippen LogP contribution in [0.5, 0.6) is 0 Å². The molecule has 0 unspecified atom stereocenters. The smallest absolute Gasteiger partial charge is 0.346 e. The lowest BCUT2D eigenvalue weighted by Gasteiger charge is -2.23. The van der Waals surface area contributed by atoms with E-state index in [0.29, 0.717) is 4.88 Å². The van der Waals surface area contributed by atoms with Crippen molar-refractivity contribution in [2.45, 2.75) is 0 Å². The maximum Gasteiger partial charge on any atom is 0.346 e. The second-order valence-corrected chi connectivity index (χ2v) is 6.13. The zero-order valence-electron chi connectivity index (χ0n) is 13.2. The third kappa shape index (κ3) is 3.77. The first kappa shape index (κ1) is 16.5. The fraction of sp³-hybridized carbons (Fsp3) is 0. The molecule has 0 saturated heterocycles. The Morgan fingerprint density at radius 3 is 2.04 bits per heavy atom. The van der Waals surface area contributed by atoms with Gasteiger partial charge in [0.15, 0.2) is 0 Å². The minimum absolute atomic E-state index is 0.278. The number of benzene rings is 2. The van der Waals surface area contributed by atoms with E-state index < -0.39 is 5.97 Å². The molecule has 0 aliphatic rings. The van der Waals surface area contributed by atoms with Gasteiger partial charge in [-0.15, -0.1) is 11.3 Å². The van der Waals surface area contributed by atoms with Gasteiger partial charge >= 0.3 is 5.97 Å². The maximum absolute atomic E-state index is 11.0. The molecule has 122 valence electrons. The molecule has 0 spiro atoms. The number of hydrogen-bond acceptors (Lipinski definition) is 4. The van der Waals surface area contributed by atoms with Crippen LogP contribution in [0.15, 0.2) is 77.7 Å². The highest BCUT2D eigenvalue weighted by molar-refractivity contribution is 7.11. The van der Waals surface area contributed by atoms with Gasteiger partial charge in [0.05, 0.1) is 5.69 Å². The standard InChI is InChI=1S/C20H14N2O2S/c21-13-15(20(23)24)11-19-12-18(14-25-19)22(16-7-3-1-4-8-16)17-9-5-2-6-10-17/h1-12,14H,(H,23,24)/b15-11+. The summed E-state index contributed by atoms with van der Waals surface area (Å²) in [6.45, 7) is 0. The number of aliphatic carboxylic acids is 1. The Morgan fingerprint density at radius 2 is 1.56 bits per heavy atom. The predicted octanol–water partition coefficient (Wildman–Crippen LogP) is 5.21. The number of carboxylic acid groups (broad SMARTS) is 1. The number of carbonyl (C=O) groups is 1. The fourth-order valence-electron chi connectivity index (χ4n) is 2.42. The van der Waals surface area contributed by atoms with Crippen molar-refractivity contribution in [3.05, 3.63) is 82.6 Å². The molecule has 0 aliphatic heterocycles. The number of nitriles is 1. The number of nitrogens with zero attached hydrogens (tertiary/aromatic N) is 2. The first-order valence-corrected chi connectivity index (χ1v) is 8.41. The number of anilines is 3. The van der Waals surface area contributed by atoms with Crippen LogP contribution >= 0.6 is 11.3 Å². The van der Waals surface area contributed by atoms with Crippen LogP contribution in [0.4, 0.5) is 17.1 Å². The molecule has 5 heteroatoms. The highest BCUT2D eigenvalue weighted by Crippen LogP contribution is 2.37. The molecule has 0 radical (unpaired) electrons. The lowest BCUT2D eigenvalue weighted by atomic mass is 10.2. The fourth-order valence-corrected chi connectivity index (χ4v) is 3.23. The molecule has 3 aromatic rings. The molecule has 0 aliphatic carbocycles. The van der Waals surface area contributed by atoms with E-state index in [1.165, 1.54) is 17.4 Å². The maximum atomic E-state index is 11.0. The summed E-state index contributed by atoms with van der Waals surface area (Å²) in [7, 11) is 0. The molecule has 0 saturated carbocycles. The molecule has 0 bridgehead atoms. The van der Waals surface area contributed by atoms with E-state index >= 15 is 0 Å². The van der Waals surface area contributed by atoms with Crippen molar-refractivity contribution < 1.29 is 9.90 Å². The van der Waals surface area contributed by atoms with Gasteiger partial charge in [-0.05, 0) is 36.4 Å². The van der Waals surface area contributed by atoms with E-state index in [0.717, 1.165) is 17.1 Å². The molecule has 1 heterocycles. The van der Waals surface area contributed by atoms with E-state index in [2.05, 4.69) is 4.90 Å². The molecular weight excluding hydrogens is 332 g/mol. The number of carboxylic acids is 1. The molecule has 0 amide bonds. The summed E-state index contributed by atoms with van der Waals surface area (Å²) in [5.74, 6) is -1.22. The minimum atomic E-state index is -1.22. The normalized spacial score (nSPS) is 10.9. The SMILES string of the molecule is N#C/C(=C\c1cc(N(c2ccccc2)c2ccccc2)cs1)C(=O)O. The Hall–Kier alpha value is -3.36. The summed E-state index contributed by atoms with van der Waals surface area (Å²) >= 11 is 1.40. The monoisotopic (exact) mass is 346 g/mol. The van der Waals surface area contributed by atoms with Gasteiger partial charge in [0, 0.05) is 21.6 Å². The van der Waals surface area contributed by atoms with Gasteiger partial charge in [-0.1, -0.05) is 36.4 Å². The Bertz CT molecular complexity index is 901. The van der Waals surface area contributed by atoms with Crippen LogP contribution in [0.1, 0.15) is 4.88 Å². The van der Waals surface area contributed by atoms with Gasteiger partial charge < -0.3 is 10.0 Å². The number of hydrogen-bond donors (Lipinski definition) is 1. The van der Waals surface area contributed by atoms with Crippen LogP contribution in [-0.4, -0.2) is 11.1 Å². The topological polar surface area (TPSA) is 64.3 Å². The van der Waals surface area contributed by atoms with Crippen molar-refractivity contribution in [2.75, 3.05) is 4.90 Å². The average Bonchev–Trinajstić information content (AvgIpc) is 3.09. The van der Waals surface area contributed by atoms with Crippen LogP contribution in [-0.2, 0) is 4.79 Å². The van der Waals surface area contributed by atoms with Crippen LogP contribution in [0.2, 0.25) is 0 Å². The van der Waals surface area contributed by atoms with Gasteiger partial charge in [0.1, 0.15) is 11.6 Å². The third-order valence-corrected chi connectivity index (χ3v) is 4.40. The molecular formula is C20H14N2O2S. The molecule has 0 atom stereocenters. The van der Waals surface area contributed by atoms with Crippen molar-refractivity contribution in [3.8, 4) is 6.07 Å². The van der Waals surface area contributed by atoms with E-state index in [1.807, 2.05) is 72.1 Å². The molecule has 0 fully saturated rings. The second-order valence-electron chi connectivity index (χ2n) is 5.19. The Balaban J connectivity index is 2.04. The highest BCUT2D eigenvalue weighted by atomic mass is 32.1. The summed E-state index contributed by atoms with van der Waals surface area (Å²) < 4.78 is 0. The minimum Gasteiger partial charge on any atom is -0.477 e. The zero-order chi connectivity index (χ0) is 17.6. The number of para-hydroxylation sites is 2. The highest BCUT2D eigenvalue weighted by Gasteiger charge is 2.14. The first-order valence-electron chi connectivity index (χ1n) is 7.53. The van der Waals surface area contributed by atoms with Crippen molar-refractivity contribution in [3.63, 3.8) is 0 Å². The van der Waals surface area contributed by atoms with Crippen LogP contribution in [0, 0.1) is 11.3 Å². The van der Waals surface area contributed by atoms with Gasteiger partial charge in [-0.2, -0.15) is 5.26 Å². The molecule has 4 nitrogen and oxygen atoms in total. The van der Waals surface area contributed by atoms with Crippen molar-refractivity contribution in [2.24, 2.45) is 0 Å². The largest absolute Gasteiger partial charge is 0.477 e. The lowest BCUT2D eigenvalue weighted by molar-refractivity contribution is -0.132. The Kier molecular flexibility index (Phi) is 4.93. The average molecular weight is 346 g/mol. The summed E-state index contributed by atoms with van der Waals surface area (Å²) in [4.78, 5) is 13.8. The molecule has 2 aromatic carbocycles. The summed E-state index contributed by atoms with van der Waals surface area (Å²) in [6.07, 6.45) is 1.39. The van der Waals surface area contributed by atoms with Crippen molar-refractivity contribution >= 4 is 40.4 Å². The van der Waals surface area contributed by atoms with E-state index in [4.69, 9.17) is 10.4 Å².